The second-order valence-electron chi connectivity index (χ2n) is 6.25. The summed E-state index contributed by atoms with van der Waals surface area (Å²) in [5, 5.41) is 5.37. The third-order valence-corrected chi connectivity index (χ3v) is 3.54. The lowest BCUT2D eigenvalue weighted by molar-refractivity contribution is -0.115. The maximum atomic E-state index is 13.8. The molecular formula is C19H22FN3O2. The summed E-state index contributed by atoms with van der Waals surface area (Å²) in [7, 11) is 0. The Morgan fingerprint density at radius 2 is 2.04 bits per heavy atom. The van der Waals surface area contributed by atoms with Gasteiger partial charge in [-0.1, -0.05) is 19.9 Å². The molecule has 0 unspecified atom stereocenters. The molecule has 0 fully saturated rings. The van der Waals surface area contributed by atoms with Crippen LogP contribution in [0, 0.1) is 11.7 Å². The molecule has 0 spiro atoms. The maximum Gasteiger partial charge on any atom is 0.251 e. The Hall–Kier alpha value is -2.76. The zero-order valence-corrected chi connectivity index (χ0v) is 14.4. The van der Waals surface area contributed by atoms with Gasteiger partial charge in [0.05, 0.1) is 6.42 Å². The number of nitrogens with one attached hydrogen (secondary N) is 2. The number of carbonyl (C=O) groups excluding carboxylic acids is 2. The molecule has 5 nitrogen and oxygen atoms in total. The van der Waals surface area contributed by atoms with Crippen LogP contribution >= 0.6 is 0 Å². The van der Waals surface area contributed by atoms with Crippen molar-refractivity contribution in [2.24, 2.45) is 5.92 Å². The minimum atomic E-state index is -0.576. The molecule has 132 valence electrons. The van der Waals surface area contributed by atoms with E-state index < -0.39 is 5.82 Å². The lowest BCUT2D eigenvalue weighted by atomic mass is 10.1. The van der Waals surface area contributed by atoms with Gasteiger partial charge in [0.25, 0.3) is 5.91 Å². The van der Waals surface area contributed by atoms with Gasteiger partial charge in [0.1, 0.15) is 5.82 Å². The van der Waals surface area contributed by atoms with Crippen LogP contribution in [0.5, 0.6) is 0 Å². The highest BCUT2D eigenvalue weighted by Crippen LogP contribution is 2.15. The van der Waals surface area contributed by atoms with Gasteiger partial charge in [-0.2, -0.15) is 0 Å². The molecule has 0 saturated heterocycles. The smallest absolute Gasteiger partial charge is 0.251 e. The summed E-state index contributed by atoms with van der Waals surface area (Å²) in [6, 6.07) is 7.33. The Kier molecular flexibility index (Phi) is 6.62. The van der Waals surface area contributed by atoms with Crippen LogP contribution in [-0.4, -0.2) is 23.3 Å². The van der Waals surface area contributed by atoms with Gasteiger partial charge >= 0.3 is 0 Å². The van der Waals surface area contributed by atoms with Crippen LogP contribution in [0.15, 0.2) is 42.7 Å². The predicted molar refractivity (Wildman–Crippen MR) is 94.8 cm³/mol. The lowest BCUT2D eigenvalue weighted by Gasteiger charge is -2.10. The molecule has 0 saturated carbocycles. The van der Waals surface area contributed by atoms with Gasteiger partial charge in [-0.3, -0.25) is 14.6 Å². The van der Waals surface area contributed by atoms with Crippen molar-refractivity contribution in [1.82, 2.24) is 10.3 Å². The summed E-state index contributed by atoms with van der Waals surface area (Å²) in [6.45, 7) is 4.64. The van der Waals surface area contributed by atoms with E-state index in [9.17, 15) is 14.0 Å². The number of rotatable bonds is 7. The van der Waals surface area contributed by atoms with Crippen molar-refractivity contribution in [3.8, 4) is 0 Å². The number of hydrogen-bond donors (Lipinski definition) is 2. The molecule has 0 atom stereocenters. The lowest BCUT2D eigenvalue weighted by Crippen LogP contribution is -2.25. The second-order valence-corrected chi connectivity index (χ2v) is 6.25. The van der Waals surface area contributed by atoms with E-state index in [4.69, 9.17) is 0 Å². The number of nitrogens with zero attached hydrogens (tertiary/aromatic N) is 1. The normalized spacial score (nSPS) is 10.6. The highest BCUT2D eigenvalue weighted by atomic mass is 19.1. The molecule has 2 aromatic rings. The molecule has 2 amide bonds. The number of anilines is 1. The van der Waals surface area contributed by atoms with Gasteiger partial charge in [0.2, 0.25) is 5.91 Å². The molecule has 0 radical (unpaired) electrons. The zero-order valence-electron chi connectivity index (χ0n) is 14.4. The van der Waals surface area contributed by atoms with Gasteiger partial charge in [-0.25, -0.2) is 4.39 Å². The van der Waals surface area contributed by atoms with E-state index in [-0.39, 0.29) is 29.5 Å². The Morgan fingerprint density at radius 1 is 1.24 bits per heavy atom. The van der Waals surface area contributed by atoms with Gasteiger partial charge in [0.15, 0.2) is 0 Å². The van der Waals surface area contributed by atoms with Crippen molar-refractivity contribution < 1.29 is 14.0 Å². The minimum Gasteiger partial charge on any atom is -0.352 e. The van der Waals surface area contributed by atoms with Crippen molar-refractivity contribution >= 4 is 17.5 Å². The zero-order chi connectivity index (χ0) is 18.2. The molecule has 1 heterocycles. The molecule has 0 aliphatic heterocycles. The fourth-order valence-electron chi connectivity index (χ4n) is 2.26. The molecule has 25 heavy (non-hydrogen) atoms. The summed E-state index contributed by atoms with van der Waals surface area (Å²) in [6.07, 6.45) is 4.19. The van der Waals surface area contributed by atoms with Crippen LogP contribution in [-0.2, 0) is 11.2 Å². The fourth-order valence-corrected chi connectivity index (χ4v) is 2.26. The number of halogens is 1. The third-order valence-electron chi connectivity index (χ3n) is 3.54. The first-order valence-corrected chi connectivity index (χ1v) is 8.21. The van der Waals surface area contributed by atoms with Crippen molar-refractivity contribution in [2.75, 3.05) is 11.9 Å². The third kappa shape index (κ3) is 6.33. The number of carbonyl (C=O) groups is 2. The summed E-state index contributed by atoms with van der Waals surface area (Å²) >= 11 is 0. The molecule has 1 aromatic heterocycles. The maximum absolute atomic E-state index is 13.8. The first kappa shape index (κ1) is 18.6. The van der Waals surface area contributed by atoms with E-state index >= 15 is 0 Å². The van der Waals surface area contributed by atoms with Crippen molar-refractivity contribution in [2.45, 2.75) is 26.7 Å². The highest BCUT2D eigenvalue weighted by molar-refractivity contribution is 5.97. The number of amides is 2. The van der Waals surface area contributed by atoms with E-state index in [1.54, 1.807) is 24.5 Å². The average Bonchev–Trinajstić information content (AvgIpc) is 2.54. The van der Waals surface area contributed by atoms with E-state index in [1.165, 1.54) is 12.1 Å². The fraction of sp³-hybridized carbons (Fsp3) is 0.316. The molecule has 2 rings (SSSR count). The second kappa shape index (κ2) is 8.92. The summed E-state index contributed by atoms with van der Waals surface area (Å²) in [4.78, 5) is 28.1. The van der Waals surface area contributed by atoms with Crippen LogP contribution in [0.2, 0.25) is 0 Å². The summed E-state index contributed by atoms with van der Waals surface area (Å²) < 4.78 is 13.8. The molecule has 0 aliphatic rings. The number of hydrogen-bond acceptors (Lipinski definition) is 3. The van der Waals surface area contributed by atoms with Crippen LogP contribution < -0.4 is 10.6 Å². The monoisotopic (exact) mass is 343 g/mol. The number of benzene rings is 1. The van der Waals surface area contributed by atoms with Crippen LogP contribution in [0.1, 0.15) is 36.2 Å². The van der Waals surface area contributed by atoms with Crippen molar-refractivity contribution in [1.29, 1.82) is 0 Å². The topological polar surface area (TPSA) is 71.1 Å². The van der Waals surface area contributed by atoms with Gasteiger partial charge in [0, 0.05) is 30.2 Å². The van der Waals surface area contributed by atoms with E-state index in [2.05, 4.69) is 29.5 Å². The van der Waals surface area contributed by atoms with Crippen LogP contribution in [0.3, 0.4) is 0 Å². The number of pyridine rings is 1. The predicted octanol–water partition coefficient (Wildman–Crippen LogP) is 3.18. The molecule has 0 aliphatic carbocycles. The molecule has 1 aromatic carbocycles. The largest absolute Gasteiger partial charge is 0.352 e. The Morgan fingerprint density at radius 3 is 2.72 bits per heavy atom. The van der Waals surface area contributed by atoms with Crippen LogP contribution in [0.25, 0.3) is 0 Å². The van der Waals surface area contributed by atoms with Crippen LogP contribution in [0.4, 0.5) is 10.1 Å². The highest BCUT2D eigenvalue weighted by Gasteiger charge is 2.11. The molecular weight excluding hydrogens is 321 g/mol. The molecule has 2 N–H and O–H groups in total. The van der Waals surface area contributed by atoms with E-state index in [0.717, 1.165) is 18.1 Å². The number of aromatic nitrogens is 1. The minimum absolute atomic E-state index is 0.125. The Balaban J connectivity index is 2.00. The standard InChI is InChI=1S/C19H22FN3O2/c1-13(2)5-7-22-19(25)15-9-16(20)11-17(10-15)23-18(24)8-14-4-3-6-21-12-14/h3-4,6,9-13H,5,7-8H2,1-2H3,(H,22,25)(H,23,24). The summed E-state index contributed by atoms with van der Waals surface area (Å²) in [5.74, 6) is -0.768. The van der Waals surface area contributed by atoms with E-state index in [1.807, 2.05) is 0 Å². The quantitative estimate of drug-likeness (QED) is 0.811. The van der Waals surface area contributed by atoms with Crippen molar-refractivity contribution in [3.05, 3.63) is 59.7 Å². The Labute approximate surface area is 146 Å². The van der Waals surface area contributed by atoms with Gasteiger partial charge in [-0.05, 0) is 42.2 Å². The first-order chi connectivity index (χ1) is 11.9. The summed E-state index contributed by atoms with van der Waals surface area (Å²) in [5.41, 5.74) is 1.19. The van der Waals surface area contributed by atoms with E-state index in [0.29, 0.717) is 12.5 Å². The van der Waals surface area contributed by atoms with Gasteiger partial charge in [-0.15, -0.1) is 0 Å². The molecule has 6 heteroatoms. The van der Waals surface area contributed by atoms with Crippen molar-refractivity contribution in [3.63, 3.8) is 0 Å². The Bertz CT molecular complexity index is 733. The molecule has 0 bridgehead atoms. The average molecular weight is 343 g/mol. The first-order valence-electron chi connectivity index (χ1n) is 8.21. The van der Waals surface area contributed by atoms with Gasteiger partial charge < -0.3 is 10.6 Å². The SMILES string of the molecule is CC(C)CCNC(=O)c1cc(F)cc(NC(=O)Cc2cccnc2)c1.